The van der Waals surface area contributed by atoms with Crippen LogP contribution in [0, 0.1) is 0 Å². The number of guanidine groups is 1. The first-order valence-corrected chi connectivity index (χ1v) is 10.5. The number of hydrogen-bond donors (Lipinski definition) is 2. The van der Waals surface area contributed by atoms with Crippen LogP contribution in [0.2, 0.25) is 0 Å². The summed E-state index contributed by atoms with van der Waals surface area (Å²) in [6.45, 7) is 6.58. The highest BCUT2D eigenvalue weighted by Gasteiger charge is 2.24. The van der Waals surface area contributed by atoms with E-state index in [0.717, 1.165) is 56.3 Å². The summed E-state index contributed by atoms with van der Waals surface area (Å²) >= 11 is 0. The molecule has 1 aromatic rings. The van der Waals surface area contributed by atoms with Gasteiger partial charge in [-0.05, 0) is 38.3 Å². The molecule has 0 saturated carbocycles. The van der Waals surface area contributed by atoms with Crippen molar-refractivity contribution < 1.29 is 14.3 Å². The summed E-state index contributed by atoms with van der Waals surface area (Å²) < 4.78 is 5.48. The van der Waals surface area contributed by atoms with Gasteiger partial charge in [0.05, 0.1) is 5.69 Å². The summed E-state index contributed by atoms with van der Waals surface area (Å²) in [6, 6.07) is 7.62. The molecule has 0 aromatic heterocycles. The van der Waals surface area contributed by atoms with E-state index in [1.165, 1.54) is 0 Å². The molecule has 2 aliphatic rings. The Bertz CT molecular complexity index is 743. The molecule has 8 nitrogen and oxygen atoms in total. The molecule has 0 aliphatic carbocycles. The number of carbonyl (C=O) groups excluding carboxylic acids is 2. The number of nitrogens with one attached hydrogen (secondary N) is 2. The Morgan fingerprint density at radius 2 is 1.97 bits per heavy atom. The Balaban J connectivity index is 0.00000320. The summed E-state index contributed by atoms with van der Waals surface area (Å²) in [6.07, 6.45) is 3.32. The first-order chi connectivity index (χ1) is 14.2. The minimum atomic E-state index is -0.0132. The van der Waals surface area contributed by atoms with Crippen molar-refractivity contribution in [2.75, 3.05) is 50.8 Å². The topological polar surface area (TPSA) is 86.3 Å². The fourth-order valence-electron chi connectivity index (χ4n) is 3.58. The van der Waals surface area contributed by atoms with Gasteiger partial charge in [0.25, 0.3) is 5.91 Å². The molecule has 9 heteroatoms. The second kappa shape index (κ2) is 12.6. The number of aliphatic imine (C=N–C) groups is 1. The van der Waals surface area contributed by atoms with E-state index in [-0.39, 0.29) is 42.4 Å². The zero-order valence-electron chi connectivity index (χ0n) is 17.6. The van der Waals surface area contributed by atoms with Crippen LogP contribution in [-0.4, -0.2) is 68.5 Å². The van der Waals surface area contributed by atoms with Gasteiger partial charge in [-0.25, -0.2) is 0 Å². The number of nitrogens with zero attached hydrogens (tertiary/aromatic N) is 3. The van der Waals surface area contributed by atoms with E-state index in [4.69, 9.17) is 4.74 Å². The van der Waals surface area contributed by atoms with Crippen molar-refractivity contribution in [1.29, 1.82) is 0 Å². The molecule has 0 spiro atoms. The van der Waals surface area contributed by atoms with Gasteiger partial charge in [-0.15, -0.1) is 24.0 Å². The molecule has 30 heavy (non-hydrogen) atoms. The van der Waals surface area contributed by atoms with Gasteiger partial charge in [-0.1, -0.05) is 12.1 Å². The van der Waals surface area contributed by atoms with Gasteiger partial charge in [-0.2, -0.15) is 0 Å². The lowest BCUT2D eigenvalue weighted by Gasteiger charge is -2.29. The highest BCUT2D eigenvalue weighted by molar-refractivity contribution is 14.0. The summed E-state index contributed by atoms with van der Waals surface area (Å²) in [5.41, 5.74) is 0.834. The zero-order chi connectivity index (χ0) is 20.5. The standard InChI is InChI=1S/C21H31N5O3.HI/c1-2-22-21(23-11-6-14-25-13-5-10-19(25)27)24-12-7-15-26-17-8-3-4-9-18(17)29-16-20(26)28;/h3-4,8-9H,2,5-7,10-16H2,1H3,(H2,22,23,24);1H. The van der Waals surface area contributed by atoms with Gasteiger partial charge in [0, 0.05) is 45.7 Å². The minimum Gasteiger partial charge on any atom is -0.482 e. The Morgan fingerprint density at radius 1 is 1.13 bits per heavy atom. The van der Waals surface area contributed by atoms with Gasteiger partial charge in [-0.3, -0.25) is 14.6 Å². The Labute approximate surface area is 195 Å². The SMILES string of the molecule is CCNC(=NCCCN1CCCC1=O)NCCCN1C(=O)COc2ccccc21.I. The van der Waals surface area contributed by atoms with Crippen molar-refractivity contribution in [3.05, 3.63) is 24.3 Å². The molecular formula is C21H32IN5O3. The number of ether oxygens (including phenoxy) is 1. The first-order valence-electron chi connectivity index (χ1n) is 10.5. The Morgan fingerprint density at radius 3 is 2.73 bits per heavy atom. The van der Waals surface area contributed by atoms with Crippen molar-refractivity contribution in [1.82, 2.24) is 15.5 Å². The number of likely N-dealkylation sites (tertiary alicyclic amines) is 1. The fourth-order valence-corrected chi connectivity index (χ4v) is 3.58. The van der Waals surface area contributed by atoms with Crippen LogP contribution < -0.4 is 20.3 Å². The molecule has 1 saturated heterocycles. The zero-order valence-corrected chi connectivity index (χ0v) is 19.9. The van der Waals surface area contributed by atoms with Crippen LogP contribution in [0.5, 0.6) is 5.75 Å². The van der Waals surface area contributed by atoms with Crippen LogP contribution in [0.15, 0.2) is 29.3 Å². The van der Waals surface area contributed by atoms with Crippen molar-refractivity contribution in [2.45, 2.75) is 32.6 Å². The lowest BCUT2D eigenvalue weighted by Crippen LogP contribution is -2.42. The van der Waals surface area contributed by atoms with Crippen LogP contribution in [0.4, 0.5) is 5.69 Å². The van der Waals surface area contributed by atoms with Crippen molar-refractivity contribution in [2.24, 2.45) is 4.99 Å². The maximum Gasteiger partial charge on any atom is 0.265 e. The number of rotatable bonds is 9. The number of para-hydroxylation sites is 2. The molecule has 0 atom stereocenters. The highest BCUT2D eigenvalue weighted by atomic mass is 127. The lowest BCUT2D eigenvalue weighted by molar-refractivity contribution is -0.127. The van der Waals surface area contributed by atoms with Crippen LogP contribution in [-0.2, 0) is 9.59 Å². The quantitative estimate of drug-likeness (QED) is 0.221. The number of hydrogen-bond acceptors (Lipinski definition) is 4. The normalized spacial score (nSPS) is 16.1. The molecule has 1 aromatic carbocycles. The maximum atomic E-state index is 12.2. The van der Waals surface area contributed by atoms with E-state index in [1.54, 1.807) is 4.90 Å². The molecule has 0 unspecified atom stereocenters. The molecule has 166 valence electrons. The van der Waals surface area contributed by atoms with E-state index < -0.39 is 0 Å². The molecule has 2 N–H and O–H groups in total. The number of anilines is 1. The average molecular weight is 529 g/mol. The summed E-state index contributed by atoms with van der Waals surface area (Å²) in [5.74, 6) is 1.78. The average Bonchev–Trinajstić information content (AvgIpc) is 3.14. The minimum absolute atomic E-state index is 0. The monoisotopic (exact) mass is 529 g/mol. The summed E-state index contributed by atoms with van der Waals surface area (Å²) in [7, 11) is 0. The Kier molecular flexibility index (Phi) is 10.2. The van der Waals surface area contributed by atoms with E-state index >= 15 is 0 Å². The van der Waals surface area contributed by atoms with Crippen LogP contribution in [0.1, 0.15) is 32.6 Å². The third-order valence-corrected chi connectivity index (χ3v) is 5.03. The molecule has 1 fully saturated rings. The van der Waals surface area contributed by atoms with Crippen LogP contribution >= 0.6 is 24.0 Å². The summed E-state index contributed by atoms with van der Waals surface area (Å²) in [4.78, 5) is 32.2. The molecule has 2 amide bonds. The van der Waals surface area contributed by atoms with E-state index in [9.17, 15) is 9.59 Å². The lowest BCUT2D eigenvalue weighted by atomic mass is 10.2. The largest absolute Gasteiger partial charge is 0.482 e. The molecule has 2 heterocycles. The third kappa shape index (κ3) is 6.75. The first kappa shape index (κ1) is 24.2. The molecule has 3 rings (SSSR count). The molecule has 0 bridgehead atoms. The molecule has 0 radical (unpaired) electrons. The highest BCUT2D eigenvalue weighted by Crippen LogP contribution is 2.31. The van der Waals surface area contributed by atoms with Gasteiger partial charge in [0.1, 0.15) is 5.75 Å². The predicted octanol–water partition coefficient (Wildman–Crippen LogP) is 1.99. The van der Waals surface area contributed by atoms with Gasteiger partial charge in [0.2, 0.25) is 5.91 Å². The predicted molar refractivity (Wildman–Crippen MR) is 129 cm³/mol. The van der Waals surface area contributed by atoms with Crippen LogP contribution in [0.25, 0.3) is 0 Å². The van der Waals surface area contributed by atoms with Gasteiger partial charge >= 0.3 is 0 Å². The van der Waals surface area contributed by atoms with Gasteiger partial charge < -0.3 is 25.2 Å². The van der Waals surface area contributed by atoms with E-state index in [1.807, 2.05) is 36.1 Å². The maximum absolute atomic E-state index is 12.2. The van der Waals surface area contributed by atoms with E-state index in [2.05, 4.69) is 15.6 Å². The van der Waals surface area contributed by atoms with E-state index in [0.29, 0.717) is 26.1 Å². The molecular weight excluding hydrogens is 497 g/mol. The number of carbonyl (C=O) groups is 2. The second-order valence-electron chi connectivity index (χ2n) is 7.18. The number of halogens is 1. The van der Waals surface area contributed by atoms with Crippen molar-refractivity contribution in [3.8, 4) is 5.75 Å². The van der Waals surface area contributed by atoms with Crippen molar-refractivity contribution >= 4 is 47.4 Å². The Hall–Kier alpha value is -2.04. The fraction of sp³-hybridized carbons (Fsp3) is 0.571. The summed E-state index contributed by atoms with van der Waals surface area (Å²) in [5, 5.41) is 6.57. The van der Waals surface area contributed by atoms with Crippen molar-refractivity contribution in [3.63, 3.8) is 0 Å². The third-order valence-electron chi connectivity index (χ3n) is 5.03. The number of fused-ring (bicyclic) bond motifs is 1. The van der Waals surface area contributed by atoms with Crippen LogP contribution in [0.3, 0.4) is 0 Å². The number of benzene rings is 1. The molecule has 2 aliphatic heterocycles. The van der Waals surface area contributed by atoms with Gasteiger partial charge in [0.15, 0.2) is 12.6 Å². The number of amides is 2. The second-order valence-corrected chi connectivity index (χ2v) is 7.18. The smallest absolute Gasteiger partial charge is 0.265 e.